The quantitative estimate of drug-likeness (QED) is 0.407. The maximum absolute atomic E-state index is 12.6. The molecule has 0 aromatic heterocycles. The molecule has 3 saturated carbocycles. The molecule has 8 nitrogen and oxygen atoms in total. The van der Waals surface area contributed by atoms with E-state index in [-0.39, 0.29) is 12.0 Å². The number of aliphatic hydroxyl groups excluding tert-OH is 1. The van der Waals surface area contributed by atoms with Crippen LogP contribution in [0.2, 0.25) is 0 Å². The Hall–Kier alpha value is -1.54. The molecule has 184 valence electrons. The van der Waals surface area contributed by atoms with Crippen LogP contribution in [-0.4, -0.2) is 61.2 Å². The summed E-state index contributed by atoms with van der Waals surface area (Å²) in [5.41, 5.74) is 0. The number of rotatable bonds is 8. The van der Waals surface area contributed by atoms with Gasteiger partial charge < -0.3 is 28.8 Å². The van der Waals surface area contributed by atoms with Gasteiger partial charge in [-0.25, -0.2) is 9.59 Å². The molecule has 1 N–H and O–H groups in total. The molecule has 3 aliphatic carbocycles. The first-order chi connectivity index (χ1) is 15.6. The third-order valence-electron chi connectivity index (χ3n) is 6.82. The van der Waals surface area contributed by atoms with Gasteiger partial charge in [-0.2, -0.15) is 0 Å². The predicted molar refractivity (Wildman–Crippen MR) is 116 cm³/mol. The van der Waals surface area contributed by atoms with Gasteiger partial charge in [-0.05, 0) is 70.6 Å². The minimum Gasteiger partial charge on any atom is -0.431 e. The summed E-state index contributed by atoms with van der Waals surface area (Å²) in [6.07, 6.45) is 7.06. The first-order valence-corrected chi connectivity index (χ1v) is 12.6. The molecule has 0 aromatic rings. The Kier molecular flexibility index (Phi) is 10.4. The molecule has 3 fully saturated rings. The molecular weight excluding hydrogens is 416 g/mol. The third-order valence-corrected chi connectivity index (χ3v) is 6.82. The normalized spacial score (nSPS) is 33.2. The van der Waals surface area contributed by atoms with Crippen LogP contribution in [0.5, 0.6) is 0 Å². The van der Waals surface area contributed by atoms with Gasteiger partial charge in [-0.1, -0.05) is 19.8 Å². The Morgan fingerprint density at radius 3 is 1.75 bits per heavy atom. The van der Waals surface area contributed by atoms with Crippen molar-refractivity contribution in [3.63, 3.8) is 0 Å². The van der Waals surface area contributed by atoms with Gasteiger partial charge in [-0.3, -0.25) is 0 Å². The van der Waals surface area contributed by atoms with Crippen molar-refractivity contribution < 1.29 is 38.4 Å². The van der Waals surface area contributed by atoms with E-state index in [4.69, 9.17) is 23.7 Å². The van der Waals surface area contributed by atoms with E-state index in [1.165, 1.54) is 0 Å². The molecule has 0 aliphatic heterocycles. The topological polar surface area (TPSA) is 101 Å². The number of carbonyl (C=O) groups is 2. The van der Waals surface area contributed by atoms with E-state index >= 15 is 0 Å². The van der Waals surface area contributed by atoms with Gasteiger partial charge in [0.25, 0.3) is 0 Å². The molecule has 6 atom stereocenters. The monoisotopic (exact) mass is 456 g/mol. The van der Waals surface area contributed by atoms with Gasteiger partial charge in [0.15, 0.2) is 0 Å². The van der Waals surface area contributed by atoms with Crippen molar-refractivity contribution in [3.8, 4) is 0 Å². The summed E-state index contributed by atoms with van der Waals surface area (Å²) in [5.74, 6) is 0.193. The number of carbonyl (C=O) groups excluding carboxylic acids is 2. The van der Waals surface area contributed by atoms with Crippen molar-refractivity contribution in [1.82, 2.24) is 0 Å². The SMILES string of the molecule is CCCOCC1CCCCC1OC(=O)OC1CCCCC1OC(=O)OC1CCCCC1O. The molecule has 3 rings (SSSR count). The van der Waals surface area contributed by atoms with Crippen LogP contribution in [0.15, 0.2) is 0 Å². The average Bonchev–Trinajstić information content (AvgIpc) is 2.78. The van der Waals surface area contributed by atoms with Crippen molar-refractivity contribution >= 4 is 12.3 Å². The molecule has 3 aliphatic rings. The fraction of sp³-hybridized carbons (Fsp3) is 0.917. The first-order valence-electron chi connectivity index (χ1n) is 12.6. The van der Waals surface area contributed by atoms with E-state index in [1.807, 2.05) is 0 Å². The summed E-state index contributed by atoms with van der Waals surface area (Å²) in [5, 5.41) is 10.0. The minimum absolute atomic E-state index is 0.193. The van der Waals surface area contributed by atoms with E-state index in [9.17, 15) is 14.7 Å². The molecule has 0 radical (unpaired) electrons. The van der Waals surface area contributed by atoms with E-state index in [0.717, 1.165) is 57.8 Å². The maximum atomic E-state index is 12.6. The second kappa shape index (κ2) is 13.2. The zero-order chi connectivity index (χ0) is 22.8. The van der Waals surface area contributed by atoms with Crippen LogP contribution in [-0.2, 0) is 23.7 Å². The van der Waals surface area contributed by atoms with Crippen LogP contribution < -0.4 is 0 Å². The second-order valence-electron chi connectivity index (χ2n) is 9.38. The van der Waals surface area contributed by atoms with E-state index < -0.39 is 36.7 Å². The maximum Gasteiger partial charge on any atom is 0.509 e. The number of hydrogen-bond acceptors (Lipinski definition) is 8. The summed E-state index contributed by atoms with van der Waals surface area (Å²) < 4.78 is 27.8. The smallest absolute Gasteiger partial charge is 0.431 e. The molecule has 0 amide bonds. The van der Waals surface area contributed by atoms with Gasteiger partial charge in [0.1, 0.15) is 24.4 Å². The van der Waals surface area contributed by atoms with Crippen molar-refractivity contribution in [3.05, 3.63) is 0 Å². The van der Waals surface area contributed by atoms with Crippen LogP contribution in [0, 0.1) is 5.92 Å². The van der Waals surface area contributed by atoms with E-state index in [2.05, 4.69) is 6.92 Å². The van der Waals surface area contributed by atoms with Crippen molar-refractivity contribution in [2.45, 2.75) is 121 Å². The Morgan fingerprint density at radius 2 is 1.16 bits per heavy atom. The third kappa shape index (κ3) is 7.80. The highest BCUT2D eigenvalue weighted by Crippen LogP contribution is 2.30. The minimum atomic E-state index is -0.801. The highest BCUT2D eigenvalue weighted by molar-refractivity contribution is 5.62. The number of ether oxygens (including phenoxy) is 5. The van der Waals surface area contributed by atoms with Crippen LogP contribution >= 0.6 is 0 Å². The van der Waals surface area contributed by atoms with Crippen LogP contribution in [0.4, 0.5) is 9.59 Å². The van der Waals surface area contributed by atoms with Gasteiger partial charge >= 0.3 is 12.3 Å². The highest BCUT2D eigenvalue weighted by Gasteiger charge is 2.36. The molecule has 6 unspecified atom stereocenters. The Morgan fingerprint density at radius 1 is 0.688 bits per heavy atom. The lowest BCUT2D eigenvalue weighted by Crippen LogP contribution is -2.41. The Balaban J connectivity index is 1.47. The van der Waals surface area contributed by atoms with Crippen LogP contribution in [0.1, 0.15) is 90.4 Å². The largest absolute Gasteiger partial charge is 0.509 e. The van der Waals surface area contributed by atoms with Crippen molar-refractivity contribution in [2.24, 2.45) is 5.92 Å². The van der Waals surface area contributed by atoms with Gasteiger partial charge in [-0.15, -0.1) is 0 Å². The fourth-order valence-electron chi connectivity index (χ4n) is 5.00. The average molecular weight is 457 g/mol. The fourth-order valence-corrected chi connectivity index (χ4v) is 5.00. The molecule has 0 aromatic carbocycles. The zero-order valence-corrected chi connectivity index (χ0v) is 19.4. The summed E-state index contributed by atoms with van der Waals surface area (Å²) in [7, 11) is 0. The summed E-state index contributed by atoms with van der Waals surface area (Å²) in [6, 6.07) is 0. The standard InChI is InChI=1S/C24H40O8/c1-2-15-28-16-17-9-3-5-11-19(17)29-23(26)31-21-13-7-8-14-22(21)32-24(27)30-20-12-6-4-10-18(20)25/h17-22,25H,2-16H2,1H3. The van der Waals surface area contributed by atoms with Crippen molar-refractivity contribution in [2.75, 3.05) is 13.2 Å². The highest BCUT2D eigenvalue weighted by atomic mass is 16.8. The number of aliphatic hydroxyl groups is 1. The van der Waals surface area contributed by atoms with Gasteiger partial charge in [0, 0.05) is 12.5 Å². The Labute approximate surface area is 191 Å². The molecule has 32 heavy (non-hydrogen) atoms. The molecule has 8 heteroatoms. The molecule has 0 heterocycles. The van der Waals surface area contributed by atoms with E-state index in [0.29, 0.717) is 38.9 Å². The molecule has 0 bridgehead atoms. The Bertz CT molecular complexity index is 582. The molecular formula is C24H40O8. The second-order valence-corrected chi connectivity index (χ2v) is 9.38. The number of hydrogen-bond donors (Lipinski definition) is 1. The summed E-state index contributed by atoms with van der Waals surface area (Å²) >= 11 is 0. The van der Waals surface area contributed by atoms with Gasteiger partial charge in [0.05, 0.1) is 12.7 Å². The van der Waals surface area contributed by atoms with Gasteiger partial charge in [0.2, 0.25) is 0 Å². The molecule has 0 spiro atoms. The van der Waals surface area contributed by atoms with E-state index in [1.54, 1.807) is 0 Å². The van der Waals surface area contributed by atoms with Crippen LogP contribution in [0.3, 0.4) is 0 Å². The predicted octanol–water partition coefficient (Wildman–Crippen LogP) is 4.89. The zero-order valence-electron chi connectivity index (χ0n) is 19.4. The lowest BCUT2D eigenvalue weighted by atomic mass is 9.87. The van der Waals surface area contributed by atoms with Crippen molar-refractivity contribution in [1.29, 1.82) is 0 Å². The summed E-state index contributed by atoms with van der Waals surface area (Å²) in [6.45, 7) is 3.38. The first kappa shape index (κ1) is 25.1. The summed E-state index contributed by atoms with van der Waals surface area (Å²) in [4.78, 5) is 24.9. The lowest BCUT2D eigenvalue weighted by molar-refractivity contribution is -0.103. The van der Waals surface area contributed by atoms with Crippen LogP contribution in [0.25, 0.3) is 0 Å². The molecule has 0 saturated heterocycles. The lowest BCUT2D eigenvalue weighted by Gasteiger charge is -2.33.